The van der Waals surface area contributed by atoms with Crippen LogP contribution in [-0.2, 0) is 11.2 Å². The highest BCUT2D eigenvalue weighted by atomic mass is 16.5. The zero-order chi connectivity index (χ0) is 17.7. The number of nitrogens with one attached hydrogen (secondary N) is 1. The number of hydrogen-bond acceptors (Lipinski definition) is 3. The second-order valence-electron chi connectivity index (χ2n) is 7.24. The van der Waals surface area contributed by atoms with E-state index in [1.807, 2.05) is 0 Å². The first-order valence-corrected chi connectivity index (χ1v) is 9.18. The molecule has 0 aromatic heterocycles. The SMILES string of the molecule is O=C1COc2ccc(C(=O)N(C3CC3)[C@H]3CCc4ccccc43)cc2N1. The van der Waals surface area contributed by atoms with E-state index in [4.69, 9.17) is 4.74 Å². The lowest BCUT2D eigenvalue weighted by atomic mass is 10.0. The van der Waals surface area contributed by atoms with Gasteiger partial charge in [-0.2, -0.15) is 0 Å². The van der Waals surface area contributed by atoms with Gasteiger partial charge in [-0.1, -0.05) is 24.3 Å². The monoisotopic (exact) mass is 348 g/mol. The highest BCUT2D eigenvalue weighted by Gasteiger charge is 2.40. The Bertz CT molecular complexity index is 904. The molecule has 26 heavy (non-hydrogen) atoms. The number of anilines is 1. The number of fused-ring (bicyclic) bond motifs is 2. The van der Waals surface area contributed by atoms with Crippen LogP contribution < -0.4 is 10.1 Å². The van der Waals surface area contributed by atoms with Crippen molar-refractivity contribution in [3.63, 3.8) is 0 Å². The number of amides is 2. The van der Waals surface area contributed by atoms with Crippen molar-refractivity contribution >= 4 is 17.5 Å². The molecule has 1 N–H and O–H groups in total. The fourth-order valence-corrected chi connectivity index (χ4v) is 4.10. The number of rotatable bonds is 3. The van der Waals surface area contributed by atoms with Crippen molar-refractivity contribution in [3.05, 3.63) is 59.2 Å². The predicted molar refractivity (Wildman–Crippen MR) is 97.3 cm³/mol. The van der Waals surface area contributed by atoms with Gasteiger partial charge in [0.1, 0.15) is 5.75 Å². The minimum atomic E-state index is -0.189. The summed E-state index contributed by atoms with van der Waals surface area (Å²) in [5.41, 5.74) is 3.81. The van der Waals surface area contributed by atoms with Crippen molar-refractivity contribution in [2.24, 2.45) is 0 Å². The molecule has 2 aromatic carbocycles. The van der Waals surface area contributed by atoms with Crippen molar-refractivity contribution in [1.82, 2.24) is 4.90 Å². The third-order valence-corrected chi connectivity index (χ3v) is 5.47. The summed E-state index contributed by atoms with van der Waals surface area (Å²) < 4.78 is 5.40. The van der Waals surface area contributed by atoms with Gasteiger partial charge < -0.3 is 15.0 Å². The Hall–Kier alpha value is -2.82. The molecular formula is C21H20N2O3. The number of aryl methyl sites for hydroxylation is 1. The second-order valence-corrected chi connectivity index (χ2v) is 7.24. The van der Waals surface area contributed by atoms with Crippen LogP contribution in [0.3, 0.4) is 0 Å². The first-order chi connectivity index (χ1) is 12.7. The standard InChI is InChI=1S/C21H20N2O3/c24-20-12-26-19-10-6-14(11-17(19)22-20)21(25)23(15-7-8-15)18-9-5-13-3-1-2-4-16(13)18/h1-4,6,10-11,15,18H,5,7-9,12H2,(H,22,24)/t18-/m0/s1. The van der Waals surface area contributed by atoms with Gasteiger partial charge in [0, 0.05) is 11.6 Å². The van der Waals surface area contributed by atoms with E-state index in [-0.39, 0.29) is 24.5 Å². The molecule has 5 rings (SSSR count). The van der Waals surface area contributed by atoms with Crippen molar-refractivity contribution in [2.75, 3.05) is 11.9 Å². The van der Waals surface area contributed by atoms with Gasteiger partial charge in [0.2, 0.25) is 0 Å². The van der Waals surface area contributed by atoms with Crippen LogP contribution in [-0.4, -0.2) is 29.4 Å². The molecule has 5 heteroatoms. The maximum absolute atomic E-state index is 13.4. The lowest BCUT2D eigenvalue weighted by Gasteiger charge is -2.30. The molecule has 1 atom stereocenters. The lowest BCUT2D eigenvalue weighted by Crippen LogP contribution is -2.36. The van der Waals surface area contributed by atoms with Crippen LogP contribution in [0.15, 0.2) is 42.5 Å². The van der Waals surface area contributed by atoms with Gasteiger partial charge in [-0.15, -0.1) is 0 Å². The molecule has 0 bridgehead atoms. The van der Waals surface area contributed by atoms with Gasteiger partial charge in [-0.05, 0) is 55.0 Å². The van der Waals surface area contributed by atoms with Crippen LogP contribution in [0.5, 0.6) is 5.75 Å². The molecule has 3 aliphatic rings. The molecule has 2 aromatic rings. The summed E-state index contributed by atoms with van der Waals surface area (Å²) in [7, 11) is 0. The Morgan fingerprint density at radius 1 is 1.12 bits per heavy atom. The first-order valence-electron chi connectivity index (χ1n) is 9.18. The van der Waals surface area contributed by atoms with Crippen LogP contribution in [0.2, 0.25) is 0 Å². The Morgan fingerprint density at radius 3 is 2.81 bits per heavy atom. The van der Waals surface area contributed by atoms with Crippen molar-refractivity contribution in [3.8, 4) is 5.75 Å². The average Bonchev–Trinajstić information content (AvgIpc) is 3.41. The predicted octanol–water partition coefficient (Wildman–Crippen LogP) is 3.31. The summed E-state index contributed by atoms with van der Waals surface area (Å²) in [5.74, 6) is 0.466. The molecule has 132 valence electrons. The fourth-order valence-electron chi connectivity index (χ4n) is 4.10. The molecule has 0 unspecified atom stereocenters. The zero-order valence-corrected chi connectivity index (χ0v) is 14.4. The molecule has 0 radical (unpaired) electrons. The molecule has 1 aliphatic heterocycles. The number of carbonyl (C=O) groups is 2. The van der Waals surface area contributed by atoms with E-state index >= 15 is 0 Å². The largest absolute Gasteiger partial charge is 0.482 e. The molecule has 1 fully saturated rings. The van der Waals surface area contributed by atoms with E-state index in [0.717, 1.165) is 25.7 Å². The van der Waals surface area contributed by atoms with E-state index in [2.05, 4.69) is 34.5 Å². The van der Waals surface area contributed by atoms with Gasteiger partial charge in [-0.3, -0.25) is 9.59 Å². The fraction of sp³-hybridized carbons (Fsp3) is 0.333. The third-order valence-electron chi connectivity index (χ3n) is 5.47. The average molecular weight is 348 g/mol. The Kier molecular flexibility index (Phi) is 3.48. The topological polar surface area (TPSA) is 58.6 Å². The van der Waals surface area contributed by atoms with Crippen molar-refractivity contribution in [2.45, 2.75) is 37.8 Å². The van der Waals surface area contributed by atoms with Crippen molar-refractivity contribution in [1.29, 1.82) is 0 Å². The zero-order valence-electron chi connectivity index (χ0n) is 14.4. The minimum absolute atomic E-state index is 0.0212. The first kappa shape index (κ1) is 15.4. The number of ether oxygens (including phenoxy) is 1. The summed E-state index contributed by atoms with van der Waals surface area (Å²) in [4.78, 5) is 27.0. The Balaban J connectivity index is 1.48. The Labute approximate surface area is 152 Å². The summed E-state index contributed by atoms with van der Waals surface area (Å²) in [6.07, 6.45) is 4.13. The molecular weight excluding hydrogens is 328 g/mol. The third kappa shape index (κ3) is 2.55. The van der Waals surface area contributed by atoms with Crippen molar-refractivity contribution < 1.29 is 14.3 Å². The second kappa shape index (κ2) is 5.87. The summed E-state index contributed by atoms with van der Waals surface area (Å²) >= 11 is 0. The van der Waals surface area contributed by atoms with E-state index in [1.165, 1.54) is 11.1 Å². The van der Waals surface area contributed by atoms with E-state index in [0.29, 0.717) is 23.0 Å². The number of benzene rings is 2. The molecule has 1 saturated carbocycles. The minimum Gasteiger partial charge on any atom is -0.482 e. The van der Waals surface area contributed by atoms with Gasteiger partial charge in [0.05, 0.1) is 11.7 Å². The molecule has 2 amide bonds. The molecule has 0 saturated heterocycles. The summed E-state index contributed by atoms with van der Waals surface area (Å²) in [5, 5.41) is 2.79. The van der Waals surface area contributed by atoms with Crippen LogP contribution in [0, 0.1) is 0 Å². The maximum atomic E-state index is 13.4. The molecule has 1 heterocycles. The summed E-state index contributed by atoms with van der Waals surface area (Å²) in [6, 6.07) is 14.2. The van der Waals surface area contributed by atoms with Gasteiger partial charge in [0.25, 0.3) is 11.8 Å². The Morgan fingerprint density at radius 2 is 1.96 bits per heavy atom. The van der Waals surface area contributed by atoms with E-state index < -0.39 is 0 Å². The van der Waals surface area contributed by atoms with Gasteiger partial charge in [-0.25, -0.2) is 0 Å². The molecule has 0 spiro atoms. The number of carbonyl (C=O) groups excluding carboxylic acids is 2. The number of nitrogens with zero attached hydrogens (tertiary/aromatic N) is 1. The van der Waals surface area contributed by atoms with E-state index in [1.54, 1.807) is 18.2 Å². The van der Waals surface area contributed by atoms with Crippen LogP contribution >= 0.6 is 0 Å². The quantitative estimate of drug-likeness (QED) is 0.926. The highest BCUT2D eigenvalue weighted by Crippen LogP contribution is 2.43. The number of hydrogen-bond donors (Lipinski definition) is 1. The normalized spacial score (nSPS) is 20.6. The van der Waals surface area contributed by atoms with E-state index in [9.17, 15) is 9.59 Å². The van der Waals surface area contributed by atoms with Crippen LogP contribution in [0.4, 0.5) is 5.69 Å². The van der Waals surface area contributed by atoms with Gasteiger partial charge in [0.15, 0.2) is 6.61 Å². The smallest absolute Gasteiger partial charge is 0.262 e. The molecule has 5 nitrogen and oxygen atoms in total. The summed E-state index contributed by atoms with van der Waals surface area (Å²) in [6.45, 7) is 0.0212. The lowest BCUT2D eigenvalue weighted by molar-refractivity contribution is -0.118. The highest BCUT2D eigenvalue weighted by molar-refractivity contribution is 6.00. The maximum Gasteiger partial charge on any atom is 0.262 e. The molecule has 2 aliphatic carbocycles. The van der Waals surface area contributed by atoms with Gasteiger partial charge >= 0.3 is 0 Å². The van der Waals surface area contributed by atoms with Crippen LogP contribution in [0.25, 0.3) is 0 Å². The van der Waals surface area contributed by atoms with Crippen LogP contribution in [0.1, 0.15) is 46.8 Å².